The molecule has 1 aliphatic rings. The Morgan fingerprint density at radius 2 is 2.22 bits per heavy atom. The van der Waals surface area contributed by atoms with Gasteiger partial charge in [-0.25, -0.2) is 0 Å². The molecule has 0 saturated heterocycles. The van der Waals surface area contributed by atoms with E-state index in [1.165, 1.54) is 5.57 Å². The lowest BCUT2D eigenvalue weighted by atomic mass is 9.96. The van der Waals surface area contributed by atoms with Crippen molar-refractivity contribution in [2.45, 2.75) is 12.8 Å². The Morgan fingerprint density at radius 1 is 1.22 bits per heavy atom. The Bertz CT molecular complexity index is 565. The average Bonchev–Trinajstić information content (AvgIpc) is 2.93. The maximum Gasteiger partial charge on any atom is 0.0694 e. The maximum absolute atomic E-state index is 4.66. The lowest BCUT2D eigenvalue weighted by molar-refractivity contribution is 0.818. The van der Waals surface area contributed by atoms with Crippen LogP contribution in [-0.4, -0.2) is 22.2 Å². The Balaban J connectivity index is 1.99. The highest BCUT2D eigenvalue weighted by atomic mass is 14.8. The van der Waals surface area contributed by atoms with Gasteiger partial charge < -0.3 is 4.98 Å². The maximum atomic E-state index is 4.66. The number of hydrogen-bond acceptors (Lipinski definition) is 2. The second kappa shape index (κ2) is 5.00. The Kier molecular flexibility index (Phi) is 3.05. The zero-order valence-electron chi connectivity index (χ0n) is 10.1. The van der Waals surface area contributed by atoms with Gasteiger partial charge in [-0.05, 0) is 48.8 Å². The molecule has 0 amide bonds. The number of aliphatic imine (C=N–C) groups is 1. The number of aromatic amines is 1. The van der Waals surface area contributed by atoms with Gasteiger partial charge in [0, 0.05) is 36.4 Å². The summed E-state index contributed by atoms with van der Waals surface area (Å²) in [5.41, 5.74) is 4.61. The van der Waals surface area contributed by atoms with Crippen LogP contribution in [0.25, 0.3) is 6.08 Å². The van der Waals surface area contributed by atoms with Crippen LogP contribution in [0.15, 0.2) is 53.4 Å². The van der Waals surface area contributed by atoms with Gasteiger partial charge in [-0.1, -0.05) is 0 Å². The minimum Gasteiger partial charge on any atom is -0.362 e. The first-order valence-electron chi connectivity index (χ1n) is 6.23. The highest BCUT2D eigenvalue weighted by Crippen LogP contribution is 2.21. The van der Waals surface area contributed by atoms with E-state index in [4.69, 9.17) is 0 Å². The first-order chi connectivity index (χ1) is 8.93. The molecule has 2 aromatic heterocycles. The summed E-state index contributed by atoms with van der Waals surface area (Å²) in [6.45, 7) is 0.909. The highest BCUT2D eigenvalue weighted by Gasteiger charge is 2.14. The first-order valence-corrected chi connectivity index (χ1v) is 6.23. The summed E-state index contributed by atoms with van der Waals surface area (Å²) >= 11 is 0. The molecule has 2 aromatic rings. The summed E-state index contributed by atoms with van der Waals surface area (Å²) in [6, 6.07) is 8.11. The number of nitrogens with one attached hydrogen (secondary N) is 1. The van der Waals surface area contributed by atoms with Gasteiger partial charge in [0.2, 0.25) is 0 Å². The Hall–Kier alpha value is -2.16. The fourth-order valence-electron chi connectivity index (χ4n) is 2.22. The molecule has 0 aliphatic carbocycles. The summed E-state index contributed by atoms with van der Waals surface area (Å²) in [5, 5.41) is 0. The summed E-state index contributed by atoms with van der Waals surface area (Å²) in [5.74, 6) is 0. The van der Waals surface area contributed by atoms with Crippen LogP contribution in [0, 0.1) is 0 Å². The van der Waals surface area contributed by atoms with Crippen LogP contribution in [0.1, 0.15) is 24.1 Å². The lowest BCUT2D eigenvalue weighted by Gasteiger charge is -2.15. The minimum absolute atomic E-state index is 0.909. The van der Waals surface area contributed by atoms with Crippen molar-refractivity contribution >= 4 is 11.8 Å². The molecule has 18 heavy (non-hydrogen) atoms. The molecule has 3 nitrogen and oxygen atoms in total. The van der Waals surface area contributed by atoms with Gasteiger partial charge in [0.25, 0.3) is 0 Å². The van der Waals surface area contributed by atoms with Gasteiger partial charge in [0.05, 0.1) is 5.71 Å². The van der Waals surface area contributed by atoms with Gasteiger partial charge in [0.1, 0.15) is 0 Å². The van der Waals surface area contributed by atoms with E-state index in [-0.39, 0.29) is 0 Å². The van der Waals surface area contributed by atoms with E-state index in [9.17, 15) is 0 Å². The number of allylic oxidation sites excluding steroid dienone is 1. The number of nitrogens with zero attached hydrogens (tertiary/aromatic N) is 2. The fourth-order valence-corrected chi connectivity index (χ4v) is 2.22. The van der Waals surface area contributed by atoms with E-state index in [0.717, 1.165) is 36.4 Å². The second-order valence-electron chi connectivity index (χ2n) is 4.37. The van der Waals surface area contributed by atoms with Gasteiger partial charge in [-0.3, -0.25) is 9.98 Å². The van der Waals surface area contributed by atoms with Crippen LogP contribution in [0.3, 0.4) is 0 Å². The average molecular weight is 237 g/mol. The molecule has 0 saturated carbocycles. The van der Waals surface area contributed by atoms with E-state index < -0.39 is 0 Å². The molecular weight excluding hydrogens is 222 g/mol. The predicted molar refractivity (Wildman–Crippen MR) is 73.6 cm³/mol. The minimum atomic E-state index is 0.909. The van der Waals surface area contributed by atoms with Crippen LogP contribution in [0.4, 0.5) is 0 Å². The second-order valence-corrected chi connectivity index (χ2v) is 4.37. The van der Waals surface area contributed by atoms with Crippen molar-refractivity contribution in [2.24, 2.45) is 4.99 Å². The molecule has 1 N–H and O–H groups in total. The lowest BCUT2D eigenvalue weighted by Crippen LogP contribution is -2.11. The fraction of sp³-hybridized carbons (Fsp3) is 0.200. The number of pyridine rings is 1. The van der Waals surface area contributed by atoms with E-state index in [1.807, 2.05) is 24.5 Å². The van der Waals surface area contributed by atoms with E-state index in [1.54, 1.807) is 6.20 Å². The SMILES string of the molecule is C(=C1/CCCN=C1c1cccnc1)/c1ccc[nH]1. The van der Waals surface area contributed by atoms with Gasteiger partial charge in [0.15, 0.2) is 0 Å². The van der Waals surface area contributed by atoms with Gasteiger partial charge >= 0.3 is 0 Å². The molecule has 0 spiro atoms. The van der Waals surface area contributed by atoms with Crippen molar-refractivity contribution < 1.29 is 0 Å². The van der Waals surface area contributed by atoms with Crippen LogP contribution in [-0.2, 0) is 0 Å². The topological polar surface area (TPSA) is 41.0 Å². The Morgan fingerprint density at radius 3 is 3.00 bits per heavy atom. The molecule has 3 rings (SSSR count). The molecule has 0 bridgehead atoms. The third kappa shape index (κ3) is 2.25. The quantitative estimate of drug-likeness (QED) is 0.856. The number of H-pyrrole nitrogens is 1. The van der Waals surface area contributed by atoms with Crippen molar-refractivity contribution in [3.63, 3.8) is 0 Å². The molecule has 0 radical (unpaired) electrons. The number of rotatable bonds is 2. The molecule has 0 unspecified atom stereocenters. The smallest absolute Gasteiger partial charge is 0.0694 e. The monoisotopic (exact) mass is 237 g/mol. The van der Waals surface area contributed by atoms with Crippen LogP contribution in [0.2, 0.25) is 0 Å². The summed E-state index contributed by atoms with van der Waals surface area (Å²) in [4.78, 5) is 12.0. The third-order valence-corrected chi connectivity index (χ3v) is 3.07. The van der Waals surface area contributed by atoms with Crippen LogP contribution < -0.4 is 0 Å². The van der Waals surface area contributed by atoms with Crippen LogP contribution in [0.5, 0.6) is 0 Å². The highest BCUT2D eigenvalue weighted by molar-refractivity contribution is 6.15. The van der Waals surface area contributed by atoms with Crippen molar-refractivity contribution in [3.05, 3.63) is 59.7 Å². The van der Waals surface area contributed by atoms with E-state index >= 15 is 0 Å². The van der Waals surface area contributed by atoms with Crippen LogP contribution >= 0.6 is 0 Å². The third-order valence-electron chi connectivity index (χ3n) is 3.07. The van der Waals surface area contributed by atoms with Crippen molar-refractivity contribution in [2.75, 3.05) is 6.54 Å². The largest absolute Gasteiger partial charge is 0.362 e. The summed E-state index contributed by atoms with van der Waals surface area (Å²) in [6.07, 6.45) is 10.00. The first kappa shape index (κ1) is 11.0. The molecule has 0 fully saturated rings. The van der Waals surface area contributed by atoms with Crippen molar-refractivity contribution in [3.8, 4) is 0 Å². The van der Waals surface area contributed by atoms with E-state index in [2.05, 4.69) is 33.2 Å². The summed E-state index contributed by atoms with van der Waals surface area (Å²) in [7, 11) is 0. The molecule has 1 aliphatic heterocycles. The van der Waals surface area contributed by atoms with E-state index in [0.29, 0.717) is 0 Å². The van der Waals surface area contributed by atoms with Gasteiger partial charge in [-0.15, -0.1) is 0 Å². The molecule has 0 atom stereocenters. The Labute approximate surface area is 106 Å². The standard InChI is InChI=1S/C15H15N3/c1-5-13(11-16-7-1)15-12(4-2-9-18-15)10-14-6-3-8-17-14/h1,3,5-8,10-11,17H,2,4,9H2/b12-10+. The molecule has 3 heteroatoms. The number of hydrogen-bond donors (Lipinski definition) is 1. The van der Waals surface area contributed by atoms with Crippen molar-refractivity contribution in [1.29, 1.82) is 0 Å². The zero-order chi connectivity index (χ0) is 12.2. The molecular formula is C15H15N3. The number of aromatic nitrogens is 2. The predicted octanol–water partition coefficient (Wildman–Crippen LogP) is 3.08. The van der Waals surface area contributed by atoms with Gasteiger partial charge in [-0.2, -0.15) is 0 Å². The summed E-state index contributed by atoms with van der Waals surface area (Å²) < 4.78 is 0. The zero-order valence-corrected chi connectivity index (χ0v) is 10.1. The van der Waals surface area contributed by atoms with Crippen molar-refractivity contribution in [1.82, 2.24) is 9.97 Å². The normalized spacial score (nSPS) is 17.8. The molecule has 0 aromatic carbocycles. The molecule has 3 heterocycles. The molecule has 90 valence electrons.